The minimum Gasteiger partial charge on any atom is -0.495 e. The van der Waals surface area contributed by atoms with Crippen molar-refractivity contribution in [3.8, 4) is 5.75 Å². The van der Waals surface area contributed by atoms with Crippen molar-refractivity contribution in [2.24, 2.45) is 11.8 Å². The summed E-state index contributed by atoms with van der Waals surface area (Å²) in [6.07, 6.45) is 1.28. The molecule has 2 amide bonds. The molecule has 0 saturated carbocycles. The average Bonchev–Trinajstić information content (AvgIpc) is 3.80. The Balaban J connectivity index is 1.55. The van der Waals surface area contributed by atoms with Gasteiger partial charge in [-0.05, 0) is 41.7 Å². The third-order valence-corrected chi connectivity index (χ3v) is 8.10. The fraction of sp³-hybridized carbons (Fsp3) is 0.471. The second-order valence-corrected chi connectivity index (χ2v) is 12.2. The molecule has 2 aromatic rings. The third kappa shape index (κ3) is 9.80. The van der Waals surface area contributed by atoms with Crippen LogP contribution in [0.3, 0.4) is 0 Å². The number of epoxide rings is 1. The smallest absolute Gasteiger partial charge is 0.347 e. The van der Waals surface area contributed by atoms with E-state index >= 15 is 0 Å². The van der Waals surface area contributed by atoms with Gasteiger partial charge in [0.05, 0.1) is 24.7 Å². The number of rotatable bonds is 8. The predicted octanol–water partition coefficient (Wildman–Crippen LogP) is 4.49. The van der Waals surface area contributed by atoms with E-state index in [0.717, 1.165) is 5.56 Å². The number of esters is 2. The zero-order valence-electron chi connectivity index (χ0n) is 26.0. The van der Waals surface area contributed by atoms with Gasteiger partial charge in [0.15, 0.2) is 6.10 Å². The molecule has 2 heterocycles. The molecule has 1 saturated heterocycles. The zero-order chi connectivity index (χ0) is 32.5. The van der Waals surface area contributed by atoms with Gasteiger partial charge in [-0.25, -0.2) is 4.79 Å². The maximum atomic E-state index is 13.4. The maximum absolute atomic E-state index is 13.4. The van der Waals surface area contributed by atoms with Gasteiger partial charge in [-0.15, -0.1) is 0 Å². The average molecular weight is 641 g/mol. The number of carbonyl (C=O) groups excluding carboxylic acids is 4. The van der Waals surface area contributed by atoms with Crippen LogP contribution in [0.15, 0.2) is 60.7 Å². The van der Waals surface area contributed by atoms with E-state index in [-0.39, 0.29) is 56.3 Å². The van der Waals surface area contributed by atoms with Gasteiger partial charge in [-0.1, -0.05) is 74.8 Å². The van der Waals surface area contributed by atoms with Crippen LogP contribution >= 0.6 is 11.6 Å². The number of methoxy groups -OCH3 is 1. The van der Waals surface area contributed by atoms with Gasteiger partial charge in [0, 0.05) is 25.3 Å². The van der Waals surface area contributed by atoms with Gasteiger partial charge in [0.25, 0.3) is 0 Å². The summed E-state index contributed by atoms with van der Waals surface area (Å²) in [6.45, 7) is 5.72. The van der Waals surface area contributed by atoms with Crippen molar-refractivity contribution in [1.82, 2.24) is 10.6 Å². The first-order valence-electron chi connectivity index (χ1n) is 15.2. The third-order valence-electron chi connectivity index (χ3n) is 7.80. The van der Waals surface area contributed by atoms with Gasteiger partial charge >= 0.3 is 11.9 Å². The highest BCUT2D eigenvalue weighted by molar-refractivity contribution is 6.32. The van der Waals surface area contributed by atoms with Crippen molar-refractivity contribution in [2.45, 2.75) is 76.9 Å². The number of benzene rings is 2. The molecule has 10 nitrogen and oxygen atoms in total. The molecule has 1 fully saturated rings. The topological polar surface area (TPSA) is 133 Å². The molecule has 242 valence electrons. The van der Waals surface area contributed by atoms with E-state index < -0.39 is 42.0 Å². The minimum absolute atomic E-state index is 0.0431. The fourth-order valence-electron chi connectivity index (χ4n) is 5.30. The van der Waals surface area contributed by atoms with Crippen LogP contribution in [0.5, 0.6) is 5.75 Å². The summed E-state index contributed by atoms with van der Waals surface area (Å²) < 4.78 is 22.7. The van der Waals surface area contributed by atoms with Crippen LogP contribution in [-0.4, -0.2) is 61.8 Å². The summed E-state index contributed by atoms with van der Waals surface area (Å²) in [5, 5.41) is 5.80. The Morgan fingerprint density at radius 2 is 1.78 bits per heavy atom. The van der Waals surface area contributed by atoms with Gasteiger partial charge < -0.3 is 29.6 Å². The van der Waals surface area contributed by atoms with E-state index in [1.54, 1.807) is 24.3 Å². The standard InChI is InChI=1S/C34H41ClN2O8/c1-20(2)17-28-34(41)44-26(21(3)31-32(45-31)23-9-6-5-7-10-23)11-8-12-29(38)37-25(33(40)36-16-15-30(39)43-28)19-22-13-14-27(42-4)24(35)18-22/h5-10,12-14,18,20-21,25-26,28,31-32H,11,15-17,19H2,1-4H3,(H,36,40)(H,37,38)/b12-8-/t21-,25+,26-,28-,31+,32+/m0/s1. The Kier molecular flexibility index (Phi) is 12.0. The Morgan fingerprint density at radius 3 is 2.47 bits per heavy atom. The summed E-state index contributed by atoms with van der Waals surface area (Å²) in [5.74, 6) is -1.99. The predicted molar refractivity (Wildman–Crippen MR) is 167 cm³/mol. The maximum Gasteiger partial charge on any atom is 0.347 e. The molecule has 6 atom stereocenters. The number of hydrogen-bond donors (Lipinski definition) is 2. The monoisotopic (exact) mass is 640 g/mol. The minimum atomic E-state index is -1.11. The van der Waals surface area contributed by atoms with Crippen LogP contribution < -0.4 is 15.4 Å². The summed E-state index contributed by atoms with van der Waals surface area (Å²) in [7, 11) is 1.50. The molecular formula is C34H41ClN2O8. The van der Waals surface area contributed by atoms with E-state index in [4.69, 9.17) is 30.5 Å². The number of amides is 2. The fourth-order valence-corrected chi connectivity index (χ4v) is 5.58. The van der Waals surface area contributed by atoms with E-state index in [1.165, 1.54) is 13.2 Å². The van der Waals surface area contributed by atoms with Crippen molar-refractivity contribution in [1.29, 1.82) is 0 Å². The molecule has 11 heteroatoms. The van der Waals surface area contributed by atoms with Crippen LogP contribution in [0.2, 0.25) is 5.02 Å². The lowest BCUT2D eigenvalue weighted by molar-refractivity contribution is -0.174. The first-order chi connectivity index (χ1) is 21.5. The number of ether oxygens (including phenoxy) is 4. The highest BCUT2D eigenvalue weighted by Gasteiger charge is 2.47. The zero-order valence-corrected chi connectivity index (χ0v) is 26.8. The first kappa shape index (κ1) is 34.0. The molecule has 45 heavy (non-hydrogen) atoms. The van der Waals surface area contributed by atoms with Gasteiger partial charge in [0.2, 0.25) is 11.8 Å². The molecule has 2 N–H and O–H groups in total. The van der Waals surface area contributed by atoms with Crippen molar-refractivity contribution in [2.75, 3.05) is 13.7 Å². The SMILES string of the molecule is COc1ccc(C[C@H]2NC(=O)/C=C\C[C@@H]([C@H](C)[C@H]3O[C@@H]3c3ccccc3)OC(=O)[C@H](CC(C)C)OC(=O)CCNC2=O)cc1Cl. The quantitative estimate of drug-likeness (QED) is 0.319. The summed E-state index contributed by atoms with van der Waals surface area (Å²) >= 11 is 6.28. The molecular weight excluding hydrogens is 600 g/mol. The first-order valence-corrected chi connectivity index (χ1v) is 15.6. The molecule has 0 spiro atoms. The Labute approximate surface area is 268 Å². The molecule has 2 aliphatic rings. The lowest BCUT2D eigenvalue weighted by atomic mass is 9.93. The van der Waals surface area contributed by atoms with Crippen LogP contribution in [0.1, 0.15) is 57.3 Å². The van der Waals surface area contributed by atoms with Crippen LogP contribution in [-0.2, 0) is 39.8 Å². The van der Waals surface area contributed by atoms with Crippen LogP contribution in [0, 0.1) is 11.8 Å². The van der Waals surface area contributed by atoms with Gasteiger partial charge in [0.1, 0.15) is 24.0 Å². The largest absolute Gasteiger partial charge is 0.495 e. The molecule has 0 unspecified atom stereocenters. The summed E-state index contributed by atoms with van der Waals surface area (Å²) in [6, 6.07) is 13.9. The normalized spacial score (nSPS) is 26.2. The molecule has 0 aromatic heterocycles. The number of halogens is 1. The van der Waals surface area contributed by atoms with Gasteiger partial charge in [-0.2, -0.15) is 0 Å². The van der Waals surface area contributed by atoms with E-state index in [1.807, 2.05) is 51.1 Å². The molecule has 0 bridgehead atoms. The number of hydrogen-bond acceptors (Lipinski definition) is 8. The van der Waals surface area contributed by atoms with E-state index in [0.29, 0.717) is 16.3 Å². The van der Waals surface area contributed by atoms with Crippen LogP contribution in [0.4, 0.5) is 0 Å². The number of carbonyl (C=O) groups is 4. The lowest BCUT2D eigenvalue weighted by Crippen LogP contribution is -2.48. The second-order valence-electron chi connectivity index (χ2n) is 11.8. The Bertz CT molecular complexity index is 1380. The van der Waals surface area contributed by atoms with Crippen molar-refractivity contribution < 1.29 is 38.1 Å². The molecule has 0 radical (unpaired) electrons. The second kappa shape index (κ2) is 15.9. The van der Waals surface area contributed by atoms with E-state index in [9.17, 15) is 19.2 Å². The van der Waals surface area contributed by atoms with Crippen molar-refractivity contribution in [3.05, 3.63) is 76.8 Å². The van der Waals surface area contributed by atoms with Crippen LogP contribution in [0.25, 0.3) is 0 Å². The van der Waals surface area contributed by atoms with Gasteiger partial charge in [-0.3, -0.25) is 14.4 Å². The Hall–Kier alpha value is -3.89. The van der Waals surface area contributed by atoms with Crippen molar-refractivity contribution in [3.63, 3.8) is 0 Å². The highest BCUT2D eigenvalue weighted by Crippen LogP contribution is 2.45. The summed E-state index contributed by atoms with van der Waals surface area (Å²) in [5.41, 5.74) is 1.73. The molecule has 4 rings (SSSR count). The molecule has 2 aliphatic heterocycles. The molecule has 2 aromatic carbocycles. The number of nitrogens with one attached hydrogen (secondary N) is 2. The summed E-state index contributed by atoms with van der Waals surface area (Å²) in [4.78, 5) is 52.3. The van der Waals surface area contributed by atoms with Crippen molar-refractivity contribution >= 4 is 35.4 Å². The lowest BCUT2D eigenvalue weighted by Gasteiger charge is -2.26. The molecule has 0 aliphatic carbocycles. The Morgan fingerprint density at radius 1 is 1.02 bits per heavy atom. The number of cyclic esters (lactones) is 2. The highest BCUT2D eigenvalue weighted by atomic mass is 35.5. The van der Waals surface area contributed by atoms with E-state index in [2.05, 4.69) is 10.6 Å².